The van der Waals surface area contributed by atoms with Crippen LogP contribution in [0.1, 0.15) is 44.1 Å². The molecular formula is C18H28N6. The molecule has 2 aromatic rings. The quantitative estimate of drug-likeness (QED) is 0.780. The van der Waals surface area contributed by atoms with E-state index in [1.54, 1.807) is 0 Å². The van der Waals surface area contributed by atoms with Gasteiger partial charge in [0.25, 0.3) is 0 Å². The molecule has 1 saturated heterocycles. The Morgan fingerprint density at radius 3 is 2.46 bits per heavy atom. The maximum atomic E-state index is 4.39. The third-order valence-electron chi connectivity index (χ3n) is 4.89. The third-order valence-corrected chi connectivity index (χ3v) is 4.89. The molecule has 1 atom stereocenters. The lowest BCUT2D eigenvalue weighted by atomic mass is 10.1. The summed E-state index contributed by atoms with van der Waals surface area (Å²) in [5.41, 5.74) is 1.23. The topological polar surface area (TPSA) is 50.1 Å². The summed E-state index contributed by atoms with van der Waals surface area (Å²) in [6, 6.07) is 10.7. The van der Waals surface area contributed by atoms with Gasteiger partial charge >= 0.3 is 0 Å². The van der Waals surface area contributed by atoms with Crippen LogP contribution in [0, 0.1) is 0 Å². The average molecular weight is 328 g/mol. The minimum Gasteiger partial charge on any atom is -0.301 e. The summed E-state index contributed by atoms with van der Waals surface area (Å²) in [5.74, 6) is 1.01. The zero-order valence-electron chi connectivity index (χ0n) is 14.8. The lowest BCUT2D eigenvalue weighted by Gasteiger charge is -2.38. The Hall–Kier alpha value is -1.79. The molecule has 0 bridgehead atoms. The van der Waals surface area contributed by atoms with Gasteiger partial charge in [0.15, 0.2) is 5.82 Å². The van der Waals surface area contributed by atoms with Crippen molar-refractivity contribution in [3.63, 3.8) is 0 Å². The van der Waals surface area contributed by atoms with Gasteiger partial charge in [0, 0.05) is 26.2 Å². The fourth-order valence-electron chi connectivity index (χ4n) is 3.46. The number of piperazine rings is 1. The van der Waals surface area contributed by atoms with E-state index >= 15 is 0 Å². The molecule has 0 spiro atoms. The second-order valence-electron chi connectivity index (χ2n) is 6.46. The number of benzene rings is 1. The van der Waals surface area contributed by atoms with Crippen molar-refractivity contribution in [2.24, 2.45) is 0 Å². The number of tetrazole rings is 1. The second kappa shape index (κ2) is 8.35. The maximum absolute atomic E-state index is 4.39. The first-order chi connectivity index (χ1) is 11.8. The molecule has 6 heteroatoms. The Balaban J connectivity index is 1.76. The van der Waals surface area contributed by atoms with Crippen LogP contribution in [0.2, 0.25) is 0 Å². The summed E-state index contributed by atoms with van der Waals surface area (Å²) in [4.78, 5) is 5.06. The molecule has 0 saturated carbocycles. The van der Waals surface area contributed by atoms with Crippen LogP contribution in [0.4, 0.5) is 0 Å². The molecule has 1 aromatic heterocycles. The van der Waals surface area contributed by atoms with E-state index in [9.17, 15) is 0 Å². The number of rotatable bonds is 7. The largest absolute Gasteiger partial charge is 0.301 e. The molecule has 0 radical (unpaired) electrons. The van der Waals surface area contributed by atoms with Gasteiger partial charge in [-0.2, -0.15) is 0 Å². The van der Waals surface area contributed by atoms with Gasteiger partial charge in [0.1, 0.15) is 0 Å². The van der Waals surface area contributed by atoms with Crippen molar-refractivity contribution in [1.29, 1.82) is 0 Å². The molecule has 1 aromatic carbocycles. The highest BCUT2D eigenvalue weighted by Gasteiger charge is 2.28. The Morgan fingerprint density at radius 2 is 1.79 bits per heavy atom. The van der Waals surface area contributed by atoms with Crippen molar-refractivity contribution in [2.45, 2.75) is 39.3 Å². The van der Waals surface area contributed by atoms with Gasteiger partial charge in [-0.25, -0.2) is 4.68 Å². The van der Waals surface area contributed by atoms with Crippen LogP contribution >= 0.6 is 0 Å². The molecule has 0 N–H and O–H groups in total. The SMILES string of the molecule is CCCC(c1nnnn1Cc1ccccc1)N1CCN(CC)CC1. The van der Waals surface area contributed by atoms with Gasteiger partial charge in [0.05, 0.1) is 12.6 Å². The number of likely N-dealkylation sites (N-methyl/N-ethyl adjacent to an activating group) is 1. The van der Waals surface area contributed by atoms with E-state index in [4.69, 9.17) is 0 Å². The van der Waals surface area contributed by atoms with E-state index < -0.39 is 0 Å². The molecule has 1 fully saturated rings. The Kier molecular flexibility index (Phi) is 5.93. The number of nitrogens with zero attached hydrogens (tertiary/aromatic N) is 6. The standard InChI is InChI=1S/C18H28N6/c1-3-8-17(23-13-11-22(4-2)12-14-23)18-19-20-21-24(18)15-16-9-6-5-7-10-16/h5-7,9-10,17H,3-4,8,11-15H2,1-2H3. The van der Waals surface area contributed by atoms with Crippen LogP contribution < -0.4 is 0 Å². The first-order valence-corrected chi connectivity index (χ1v) is 9.08. The van der Waals surface area contributed by atoms with Gasteiger partial charge in [-0.3, -0.25) is 4.90 Å². The summed E-state index contributed by atoms with van der Waals surface area (Å²) < 4.78 is 1.97. The lowest BCUT2D eigenvalue weighted by Crippen LogP contribution is -2.47. The van der Waals surface area contributed by atoms with Crippen molar-refractivity contribution in [1.82, 2.24) is 30.0 Å². The van der Waals surface area contributed by atoms with E-state index in [2.05, 4.69) is 63.4 Å². The van der Waals surface area contributed by atoms with Gasteiger partial charge in [-0.15, -0.1) is 5.10 Å². The molecule has 3 rings (SSSR count). The molecule has 1 aliphatic rings. The molecule has 0 amide bonds. The Labute approximate surface area is 144 Å². The van der Waals surface area contributed by atoms with Crippen LogP contribution in [-0.4, -0.2) is 62.7 Å². The zero-order valence-corrected chi connectivity index (χ0v) is 14.8. The fraction of sp³-hybridized carbons (Fsp3) is 0.611. The van der Waals surface area contributed by atoms with Gasteiger partial charge in [-0.05, 0) is 29.0 Å². The van der Waals surface area contributed by atoms with Gasteiger partial charge < -0.3 is 4.90 Å². The van der Waals surface area contributed by atoms with E-state index in [1.165, 1.54) is 5.56 Å². The average Bonchev–Trinajstić information content (AvgIpc) is 3.08. The second-order valence-corrected chi connectivity index (χ2v) is 6.46. The number of aromatic nitrogens is 4. The smallest absolute Gasteiger partial charge is 0.168 e. The summed E-state index contributed by atoms with van der Waals surface area (Å²) in [6.07, 6.45) is 2.23. The molecule has 1 unspecified atom stereocenters. The highest BCUT2D eigenvalue weighted by Crippen LogP contribution is 2.25. The molecule has 130 valence electrons. The molecule has 6 nitrogen and oxygen atoms in total. The Bertz CT molecular complexity index is 603. The van der Waals surface area contributed by atoms with E-state index in [-0.39, 0.29) is 0 Å². The fourth-order valence-corrected chi connectivity index (χ4v) is 3.46. The number of hydrogen-bond acceptors (Lipinski definition) is 5. The Morgan fingerprint density at radius 1 is 1.04 bits per heavy atom. The van der Waals surface area contributed by atoms with Crippen molar-refractivity contribution >= 4 is 0 Å². The predicted molar refractivity (Wildman–Crippen MR) is 94.7 cm³/mol. The summed E-state index contributed by atoms with van der Waals surface area (Å²) in [5, 5.41) is 12.6. The minimum absolute atomic E-state index is 0.313. The molecule has 24 heavy (non-hydrogen) atoms. The van der Waals surface area contributed by atoms with Crippen molar-refractivity contribution in [3.05, 3.63) is 41.7 Å². The zero-order chi connectivity index (χ0) is 16.8. The van der Waals surface area contributed by atoms with Crippen LogP contribution in [0.15, 0.2) is 30.3 Å². The first-order valence-electron chi connectivity index (χ1n) is 9.08. The summed E-state index contributed by atoms with van der Waals surface area (Å²) >= 11 is 0. The molecule has 1 aliphatic heterocycles. The molecule has 0 aliphatic carbocycles. The van der Waals surface area contributed by atoms with Crippen LogP contribution in [0.5, 0.6) is 0 Å². The third kappa shape index (κ3) is 3.99. The van der Waals surface area contributed by atoms with Crippen molar-refractivity contribution in [2.75, 3.05) is 32.7 Å². The van der Waals surface area contributed by atoms with E-state index in [1.807, 2.05) is 10.7 Å². The summed E-state index contributed by atoms with van der Waals surface area (Å²) in [6.45, 7) is 10.8. The summed E-state index contributed by atoms with van der Waals surface area (Å²) in [7, 11) is 0. The van der Waals surface area contributed by atoms with Crippen molar-refractivity contribution in [3.8, 4) is 0 Å². The van der Waals surface area contributed by atoms with Crippen LogP contribution in [0.3, 0.4) is 0 Å². The van der Waals surface area contributed by atoms with Crippen molar-refractivity contribution < 1.29 is 0 Å². The van der Waals surface area contributed by atoms with Crippen LogP contribution in [-0.2, 0) is 6.54 Å². The van der Waals surface area contributed by atoms with E-state index in [0.717, 1.165) is 57.9 Å². The maximum Gasteiger partial charge on any atom is 0.168 e. The van der Waals surface area contributed by atoms with E-state index in [0.29, 0.717) is 6.04 Å². The predicted octanol–water partition coefficient (Wildman–Crippen LogP) is 2.20. The first kappa shape index (κ1) is 17.0. The normalized spacial score (nSPS) is 17.9. The van der Waals surface area contributed by atoms with Crippen LogP contribution in [0.25, 0.3) is 0 Å². The number of hydrogen-bond donors (Lipinski definition) is 0. The minimum atomic E-state index is 0.313. The highest BCUT2D eigenvalue weighted by atomic mass is 15.6. The highest BCUT2D eigenvalue weighted by molar-refractivity contribution is 5.15. The lowest BCUT2D eigenvalue weighted by molar-refractivity contribution is 0.0889. The van der Waals surface area contributed by atoms with Gasteiger partial charge in [0.2, 0.25) is 0 Å². The van der Waals surface area contributed by atoms with Gasteiger partial charge in [-0.1, -0.05) is 50.6 Å². The monoisotopic (exact) mass is 328 g/mol. The molecule has 2 heterocycles. The molecular weight excluding hydrogens is 300 g/mol.